The fraction of sp³-hybridized carbons (Fsp3) is 0.571. The number of ether oxygens (including phenoxy) is 1. The lowest BCUT2D eigenvalue weighted by Gasteiger charge is -2.03. The molecule has 0 N–H and O–H groups in total. The molecule has 0 aromatic carbocycles. The van der Waals surface area contributed by atoms with Gasteiger partial charge in [0.05, 0.1) is 9.31 Å². The smallest absolute Gasteiger partial charge is 0.308 e. The van der Waals surface area contributed by atoms with Crippen LogP contribution in [0.4, 0.5) is 0 Å². The molecular weight excluding hydrogens is 276 g/mol. The van der Waals surface area contributed by atoms with Crippen LogP contribution in [0.3, 0.4) is 0 Å². The Kier molecular flexibility index (Phi) is 5.86. The van der Waals surface area contributed by atoms with E-state index in [1.807, 2.05) is 0 Å². The van der Waals surface area contributed by atoms with Crippen molar-refractivity contribution in [3.05, 3.63) is 9.47 Å². The molecule has 0 rings (SSSR count). The summed E-state index contributed by atoms with van der Waals surface area (Å²) in [7, 11) is 0. The van der Waals surface area contributed by atoms with Gasteiger partial charge in [-0.15, -0.1) is 0 Å². The van der Waals surface area contributed by atoms with Gasteiger partial charge in [-0.3, -0.25) is 4.79 Å². The van der Waals surface area contributed by atoms with E-state index in [1.165, 1.54) is 0 Å². The number of hydrogen-bond acceptors (Lipinski definition) is 2. The van der Waals surface area contributed by atoms with E-state index in [0.717, 1.165) is 3.39 Å². The third-order valence-electron chi connectivity index (χ3n) is 0.935. The first kappa shape index (κ1) is 11.2. The molecule has 0 unspecified atom stereocenters. The van der Waals surface area contributed by atoms with Gasteiger partial charge in [-0.05, 0) is 37.9 Å². The Balaban J connectivity index is 3.56. The number of esters is 1. The lowest BCUT2D eigenvalue weighted by molar-refractivity contribution is -0.146. The summed E-state index contributed by atoms with van der Waals surface area (Å²) < 4.78 is 5.63. The summed E-state index contributed by atoms with van der Waals surface area (Å²) in [6.45, 7) is 3.91. The first-order valence-corrected chi connectivity index (χ1v) is 4.80. The second-order valence-corrected chi connectivity index (χ2v) is 5.05. The molecule has 0 saturated carbocycles. The van der Waals surface area contributed by atoms with Crippen LogP contribution in [0.25, 0.3) is 0 Å². The van der Waals surface area contributed by atoms with Crippen molar-refractivity contribution < 1.29 is 9.53 Å². The van der Waals surface area contributed by atoms with Gasteiger partial charge in [0.1, 0.15) is 6.61 Å². The van der Waals surface area contributed by atoms with Crippen LogP contribution >= 0.6 is 31.9 Å². The van der Waals surface area contributed by atoms with Crippen molar-refractivity contribution in [2.45, 2.75) is 13.8 Å². The van der Waals surface area contributed by atoms with Gasteiger partial charge >= 0.3 is 5.97 Å². The maximum absolute atomic E-state index is 10.8. The zero-order valence-corrected chi connectivity index (χ0v) is 9.61. The van der Waals surface area contributed by atoms with Crippen molar-refractivity contribution in [1.82, 2.24) is 0 Å². The summed E-state index contributed by atoms with van der Waals surface area (Å²) in [4.78, 5) is 10.8. The van der Waals surface area contributed by atoms with Crippen molar-refractivity contribution in [3.63, 3.8) is 0 Å². The summed E-state index contributed by atoms with van der Waals surface area (Å²) in [6, 6.07) is 0. The van der Waals surface area contributed by atoms with E-state index in [-0.39, 0.29) is 11.9 Å². The molecule has 0 heterocycles. The van der Waals surface area contributed by atoms with Gasteiger partial charge in [-0.1, -0.05) is 13.8 Å². The standard InChI is InChI=1S/C7H10Br2O2/c1-5(2)7(10)11-4-3-6(8)9/h3,5H,4H2,1-2H3. The van der Waals surface area contributed by atoms with E-state index in [4.69, 9.17) is 4.74 Å². The molecule has 0 radical (unpaired) electrons. The minimum atomic E-state index is -0.178. The molecule has 0 bridgehead atoms. The van der Waals surface area contributed by atoms with Crippen molar-refractivity contribution in [3.8, 4) is 0 Å². The topological polar surface area (TPSA) is 26.3 Å². The molecule has 0 spiro atoms. The molecule has 0 aliphatic carbocycles. The van der Waals surface area contributed by atoms with Gasteiger partial charge in [-0.25, -0.2) is 0 Å². The van der Waals surface area contributed by atoms with E-state index < -0.39 is 0 Å². The number of carbonyl (C=O) groups excluding carboxylic acids is 1. The van der Waals surface area contributed by atoms with Crippen molar-refractivity contribution >= 4 is 37.8 Å². The van der Waals surface area contributed by atoms with Gasteiger partial charge in [-0.2, -0.15) is 0 Å². The largest absolute Gasteiger partial charge is 0.461 e. The monoisotopic (exact) mass is 284 g/mol. The van der Waals surface area contributed by atoms with E-state index in [9.17, 15) is 4.79 Å². The van der Waals surface area contributed by atoms with Gasteiger partial charge in [0.25, 0.3) is 0 Å². The molecule has 0 aromatic rings. The predicted molar refractivity (Wildman–Crippen MR) is 51.7 cm³/mol. The van der Waals surface area contributed by atoms with Crippen LogP contribution in [0.2, 0.25) is 0 Å². The molecule has 4 heteroatoms. The quantitative estimate of drug-likeness (QED) is 0.746. The van der Waals surface area contributed by atoms with Gasteiger partial charge < -0.3 is 4.74 Å². The van der Waals surface area contributed by atoms with Crippen molar-refractivity contribution in [1.29, 1.82) is 0 Å². The first-order chi connectivity index (χ1) is 5.04. The number of halogens is 2. The molecule has 0 amide bonds. The second kappa shape index (κ2) is 5.77. The van der Waals surface area contributed by atoms with Gasteiger partial charge in [0, 0.05) is 0 Å². The number of rotatable bonds is 3. The van der Waals surface area contributed by atoms with Crippen LogP contribution in [0, 0.1) is 5.92 Å². The highest BCUT2D eigenvalue weighted by molar-refractivity contribution is 9.28. The second-order valence-electron chi connectivity index (χ2n) is 2.28. The Morgan fingerprint density at radius 1 is 1.55 bits per heavy atom. The predicted octanol–water partition coefficient (Wildman–Crippen LogP) is 2.82. The molecule has 0 aromatic heterocycles. The summed E-state index contributed by atoms with van der Waals surface area (Å²) >= 11 is 6.30. The lowest BCUT2D eigenvalue weighted by Crippen LogP contribution is -2.11. The maximum Gasteiger partial charge on any atom is 0.308 e. The SMILES string of the molecule is CC(C)C(=O)OCC=C(Br)Br. The normalized spacial score (nSPS) is 9.55. The van der Waals surface area contributed by atoms with Crippen LogP contribution in [0.1, 0.15) is 13.8 Å². The summed E-state index contributed by atoms with van der Waals surface area (Å²) in [6.07, 6.45) is 1.72. The third kappa shape index (κ3) is 6.56. The Bertz CT molecular complexity index is 160. The zero-order valence-electron chi connectivity index (χ0n) is 6.43. The van der Waals surface area contributed by atoms with Crippen LogP contribution in [0.15, 0.2) is 9.47 Å². The Hall–Kier alpha value is 0.170. The molecule has 64 valence electrons. The molecule has 0 aliphatic heterocycles. The van der Waals surface area contributed by atoms with Crippen LogP contribution in [0.5, 0.6) is 0 Å². The van der Waals surface area contributed by atoms with Crippen LogP contribution < -0.4 is 0 Å². The molecule has 2 nitrogen and oxygen atoms in total. The summed E-state index contributed by atoms with van der Waals surface area (Å²) in [5.41, 5.74) is 0. The molecule has 0 atom stereocenters. The molecule has 11 heavy (non-hydrogen) atoms. The fourth-order valence-electron chi connectivity index (χ4n) is 0.353. The number of hydrogen-bond donors (Lipinski definition) is 0. The molecule has 0 fully saturated rings. The van der Waals surface area contributed by atoms with E-state index in [1.54, 1.807) is 19.9 Å². The highest BCUT2D eigenvalue weighted by Gasteiger charge is 2.06. The van der Waals surface area contributed by atoms with Crippen molar-refractivity contribution in [2.75, 3.05) is 6.61 Å². The summed E-state index contributed by atoms with van der Waals surface area (Å²) in [5.74, 6) is -0.236. The number of carbonyl (C=O) groups is 1. The van der Waals surface area contributed by atoms with E-state index >= 15 is 0 Å². The van der Waals surface area contributed by atoms with Gasteiger partial charge in [0.15, 0.2) is 0 Å². The average Bonchev–Trinajstić information content (AvgIpc) is 1.86. The third-order valence-corrected chi connectivity index (χ3v) is 1.58. The fourth-order valence-corrected chi connectivity index (χ4v) is 0.618. The zero-order chi connectivity index (χ0) is 8.85. The van der Waals surface area contributed by atoms with Gasteiger partial charge in [0.2, 0.25) is 0 Å². The lowest BCUT2D eigenvalue weighted by atomic mass is 10.2. The average molecular weight is 286 g/mol. The molecule has 0 saturated heterocycles. The minimum Gasteiger partial charge on any atom is -0.461 e. The molecular formula is C7H10Br2O2. The minimum absolute atomic E-state index is 0.0579. The first-order valence-electron chi connectivity index (χ1n) is 3.22. The molecule has 0 aliphatic rings. The summed E-state index contributed by atoms with van der Waals surface area (Å²) in [5, 5.41) is 0. The van der Waals surface area contributed by atoms with Crippen LogP contribution in [-0.2, 0) is 9.53 Å². The Morgan fingerprint density at radius 3 is 2.45 bits per heavy atom. The highest BCUT2D eigenvalue weighted by Crippen LogP contribution is 2.12. The van der Waals surface area contributed by atoms with Crippen LogP contribution in [-0.4, -0.2) is 12.6 Å². The Labute approximate surface area is 83.2 Å². The van der Waals surface area contributed by atoms with E-state index in [2.05, 4.69) is 31.9 Å². The maximum atomic E-state index is 10.8. The highest BCUT2D eigenvalue weighted by atomic mass is 79.9. The van der Waals surface area contributed by atoms with Crippen molar-refractivity contribution in [2.24, 2.45) is 5.92 Å². The Morgan fingerprint density at radius 2 is 2.09 bits per heavy atom. The van der Waals surface area contributed by atoms with E-state index in [0.29, 0.717) is 6.61 Å².